The fourth-order valence-electron chi connectivity index (χ4n) is 4.44. The number of carbonyl (C=O) groups is 1. The number of carbonyl (C=O) groups excluding carboxylic acids is 1. The number of hydrogen-bond acceptors (Lipinski definition) is 4. The first-order valence-corrected chi connectivity index (χ1v) is 10.7. The molecule has 1 N–H and O–H groups in total. The van der Waals surface area contributed by atoms with Crippen molar-refractivity contribution in [1.82, 2.24) is 19.4 Å². The van der Waals surface area contributed by atoms with Crippen molar-refractivity contribution in [2.24, 2.45) is 0 Å². The Kier molecular flexibility index (Phi) is 6.53. The average molecular weight is 449 g/mol. The summed E-state index contributed by atoms with van der Waals surface area (Å²) in [6.07, 6.45) is 7.41. The Hall–Kier alpha value is -3.22. The van der Waals surface area contributed by atoms with E-state index in [1.54, 1.807) is 10.8 Å². The molecule has 2 heterocycles. The summed E-state index contributed by atoms with van der Waals surface area (Å²) in [7, 11) is 0. The van der Waals surface area contributed by atoms with Crippen molar-refractivity contribution in [3.8, 4) is 11.3 Å². The van der Waals surface area contributed by atoms with Gasteiger partial charge in [-0.3, -0.25) is 9.59 Å². The van der Waals surface area contributed by atoms with E-state index in [2.05, 4.69) is 14.9 Å². The highest BCUT2D eigenvalue weighted by atomic mass is 35.5. The van der Waals surface area contributed by atoms with Crippen molar-refractivity contribution < 1.29 is 4.79 Å². The molecule has 1 aliphatic carbocycles. The highest BCUT2D eigenvalue weighted by Gasteiger charge is 2.31. The number of aryl methyl sites for hydroxylation is 1. The molecule has 2 aromatic heterocycles. The normalized spacial score (nSPS) is 11.9. The summed E-state index contributed by atoms with van der Waals surface area (Å²) in [5, 5.41) is 4.81. The van der Waals surface area contributed by atoms with Gasteiger partial charge in [0.15, 0.2) is 5.78 Å². The van der Waals surface area contributed by atoms with Crippen LogP contribution in [0.1, 0.15) is 28.8 Å². The molecule has 0 saturated carbocycles. The van der Waals surface area contributed by atoms with E-state index in [-0.39, 0.29) is 23.7 Å². The average Bonchev–Trinajstić information content (AvgIpc) is 3.42. The van der Waals surface area contributed by atoms with Crippen molar-refractivity contribution >= 4 is 29.0 Å². The first-order valence-electron chi connectivity index (χ1n) is 10.7. The van der Waals surface area contributed by atoms with E-state index in [9.17, 15) is 9.59 Å². The second-order valence-corrected chi connectivity index (χ2v) is 7.86. The molecule has 4 aromatic rings. The van der Waals surface area contributed by atoms with Gasteiger partial charge in [-0.15, -0.1) is 12.4 Å². The lowest BCUT2D eigenvalue weighted by Gasteiger charge is -2.15. The van der Waals surface area contributed by atoms with E-state index in [0.717, 1.165) is 49.1 Å². The second-order valence-electron chi connectivity index (χ2n) is 7.86. The minimum absolute atomic E-state index is 0. The topological polar surface area (TPSA) is 68.9 Å². The number of nitrogens with zero attached hydrogens (tertiary/aromatic N) is 3. The van der Waals surface area contributed by atoms with Gasteiger partial charge < -0.3 is 14.5 Å². The van der Waals surface area contributed by atoms with Crippen LogP contribution in [0.4, 0.5) is 0 Å². The summed E-state index contributed by atoms with van der Waals surface area (Å²) in [4.78, 5) is 30.6. The number of benzene rings is 2. The van der Waals surface area contributed by atoms with Gasteiger partial charge in [-0.05, 0) is 32.0 Å². The van der Waals surface area contributed by atoms with Crippen molar-refractivity contribution in [2.75, 3.05) is 13.1 Å². The molecule has 0 aliphatic heterocycles. The Morgan fingerprint density at radius 1 is 0.844 bits per heavy atom. The molecule has 164 valence electrons. The maximum absolute atomic E-state index is 13.3. The molecule has 5 rings (SSSR count). The molecule has 7 heteroatoms. The molecule has 0 spiro atoms. The molecule has 0 saturated heterocycles. The van der Waals surface area contributed by atoms with Gasteiger partial charge in [0, 0.05) is 47.4 Å². The number of nitrogens with one attached hydrogen (secondary N) is 1. The van der Waals surface area contributed by atoms with Gasteiger partial charge in [0.05, 0.1) is 17.6 Å². The van der Waals surface area contributed by atoms with Crippen molar-refractivity contribution in [3.05, 3.63) is 88.7 Å². The van der Waals surface area contributed by atoms with Crippen molar-refractivity contribution in [3.63, 3.8) is 0 Å². The number of hydrogen-bond donors (Lipinski definition) is 1. The number of aromatic nitrogens is 3. The highest BCUT2D eigenvalue weighted by Crippen LogP contribution is 2.39. The fourth-order valence-corrected chi connectivity index (χ4v) is 4.44. The molecular formula is C25H25ClN4O2. The van der Waals surface area contributed by atoms with Crippen LogP contribution in [0.15, 0.2) is 72.0 Å². The van der Waals surface area contributed by atoms with Gasteiger partial charge in [-0.25, -0.2) is 4.98 Å². The zero-order valence-corrected chi connectivity index (χ0v) is 18.5. The largest absolute Gasteiger partial charge is 0.337 e. The van der Waals surface area contributed by atoms with Gasteiger partial charge in [-0.1, -0.05) is 42.5 Å². The van der Waals surface area contributed by atoms with E-state index < -0.39 is 0 Å². The number of ketones is 1. The van der Waals surface area contributed by atoms with Gasteiger partial charge >= 0.3 is 0 Å². The van der Waals surface area contributed by atoms with Crippen LogP contribution in [0.3, 0.4) is 0 Å². The maximum Gasteiger partial charge on any atom is 0.258 e. The van der Waals surface area contributed by atoms with Gasteiger partial charge in [0.2, 0.25) is 0 Å². The summed E-state index contributed by atoms with van der Waals surface area (Å²) in [6.45, 7) is 3.23. The van der Waals surface area contributed by atoms with E-state index >= 15 is 0 Å². The monoisotopic (exact) mass is 448 g/mol. The van der Waals surface area contributed by atoms with E-state index in [1.165, 1.54) is 0 Å². The van der Waals surface area contributed by atoms with Crippen LogP contribution in [-0.4, -0.2) is 33.0 Å². The minimum atomic E-state index is -0.0287. The zero-order chi connectivity index (χ0) is 21.2. The lowest BCUT2D eigenvalue weighted by atomic mass is 10.0. The van der Waals surface area contributed by atoms with Crippen LogP contribution >= 0.6 is 12.4 Å². The van der Waals surface area contributed by atoms with Gasteiger partial charge in [-0.2, -0.15) is 0 Å². The van der Waals surface area contributed by atoms with Crippen LogP contribution in [0.25, 0.3) is 22.0 Å². The number of fused-ring (bicyclic) bond motifs is 5. The van der Waals surface area contributed by atoms with Gasteiger partial charge in [0.25, 0.3) is 5.56 Å². The summed E-state index contributed by atoms with van der Waals surface area (Å²) in [5.74, 6) is 0.00757. The molecule has 0 fully saturated rings. The molecule has 6 nitrogen and oxygen atoms in total. The Bertz CT molecular complexity index is 1310. The number of imidazole rings is 1. The molecule has 1 aliphatic rings. The summed E-state index contributed by atoms with van der Waals surface area (Å²) in [6, 6.07) is 15.0. The molecule has 0 radical (unpaired) electrons. The third kappa shape index (κ3) is 3.87. The van der Waals surface area contributed by atoms with Crippen molar-refractivity contribution in [1.29, 1.82) is 0 Å². The maximum atomic E-state index is 13.3. The summed E-state index contributed by atoms with van der Waals surface area (Å²) >= 11 is 0. The number of halogens is 1. The van der Waals surface area contributed by atoms with Crippen LogP contribution < -0.4 is 10.9 Å². The Morgan fingerprint density at radius 2 is 1.53 bits per heavy atom. The van der Waals surface area contributed by atoms with Crippen molar-refractivity contribution in [2.45, 2.75) is 25.9 Å². The Balaban J connectivity index is 0.00000245. The van der Waals surface area contributed by atoms with Crippen LogP contribution in [-0.2, 0) is 13.1 Å². The summed E-state index contributed by atoms with van der Waals surface area (Å²) in [5.41, 5.74) is 2.94. The Labute approximate surface area is 192 Å². The predicted molar refractivity (Wildman–Crippen MR) is 129 cm³/mol. The number of pyridine rings is 1. The predicted octanol–water partition coefficient (Wildman–Crippen LogP) is 3.90. The van der Waals surface area contributed by atoms with E-state index in [0.29, 0.717) is 23.1 Å². The standard InChI is InChI=1S/C25H24N4O2.ClH/c30-24-20-9-3-2-8-19(20)23-22(24)18-7-1-4-10-21(18)25(31)29(23)15-6-12-26-11-5-14-28-16-13-27-17-28;/h1-4,7-10,13,16-17,26H,5-6,11-12,14-15H2;1H. The second kappa shape index (κ2) is 9.51. The van der Waals surface area contributed by atoms with E-state index in [1.807, 2.05) is 61.1 Å². The molecule has 32 heavy (non-hydrogen) atoms. The lowest BCUT2D eigenvalue weighted by molar-refractivity contribution is 0.104. The molecule has 0 unspecified atom stereocenters. The van der Waals surface area contributed by atoms with E-state index in [4.69, 9.17) is 0 Å². The first kappa shape index (κ1) is 22.0. The quantitative estimate of drug-likeness (QED) is 0.365. The zero-order valence-electron chi connectivity index (χ0n) is 17.7. The molecule has 0 atom stereocenters. The highest BCUT2D eigenvalue weighted by molar-refractivity contribution is 6.26. The van der Waals surface area contributed by atoms with Gasteiger partial charge in [0.1, 0.15) is 0 Å². The first-order chi connectivity index (χ1) is 15.3. The summed E-state index contributed by atoms with van der Waals surface area (Å²) < 4.78 is 3.86. The molecule has 0 bridgehead atoms. The minimum Gasteiger partial charge on any atom is -0.337 e. The fraction of sp³-hybridized carbons (Fsp3) is 0.240. The van der Waals surface area contributed by atoms with Crippen LogP contribution in [0.2, 0.25) is 0 Å². The molecule has 2 aromatic carbocycles. The smallest absolute Gasteiger partial charge is 0.258 e. The molecular weight excluding hydrogens is 424 g/mol. The Morgan fingerprint density at radius 3 is 2.28 bits per heavy atom. The number of rotatable bonds is 8. The third-order valence-corrected chi connectivity index (χ3v) is 5.90. The van der Waals surface area contributed by atoms with Crippen LogP contribution in [0.5, 0.6) is 0 Å². The third-order valence-electron chi connectivity index (χ3n) is 5.90. The SMILES string of the molecule is Cl.O=C1c2ccccc2-c2c1c1ccccc1c(=O)n2CCCNCCCn1ccnc1. The lowest BCUT2D eigenvalue weighted by Crippen LogP contribution is -2.26. The van der Waals surface area contributed by atoms with Crippen LogP contribution in [0, 0.1) is 0 Å². The molecule has 0 amide bonds.